The van der Waals surface area contributed by atoms with E-state index in [-0.39, 0.29) is 5.41 Å². The fourth-order valence-corrected chi connectivity index (χ4v) is 3.09. The molecule has 1 aromatic rings. The summed E-state index contributed by atoms with van der Waals surface area (Å²) < 4.78 is 0. The summed E-state index contributed by atoms with van der Waals surface area (Å²) in [5.74, 6) is -0.706. The van der Waals surface area contributed by atoms with E-state index in [0.29, 0.717) is 6.42 Å². The van der Waals surface area contributed by atoms with E-state index in [4.69, 9.17) is 0 Å². The topological polar surface area (TPSA) is 37.3 Å². The van der Waals surface area contributed by atoms with Gasteiger partial charge in [-0.2, -0.15) is 0 Å². The molecule has 1 unspecified atom stereocenters. The van der Waals surface area contributed by atoms with Gasteiger partial charge in [0.2, 0.25) is 0 Å². The minimum atomic E-state index is -0.794. The van der Waals surface area contributed by atoms with E-state index in [1.54, 1.807) is 0 Å². The van der Waals surface area contributed by atoms with Crippen LogP contribution in [0, 0.1) is 5.41 Å². The van der Waals surface area contributed by atoms with Crippen molar-refractivity contribution in [3.05, 3.63) is 35.9 Å². The van der Waals surface area contributed by atoms with Crippen molar-refractivity contribution < 1.29 is 9.90 Å². The standard InChI is InChI=1S/C16H24O2/c1-5-15(4,6-2)16(7-3,14(17)18)13-11-9-8-10-12-13/h8-12H,5-7H2,1-4H3,(H,17,18). The fourth-order valence-electron chi connectivity index (χ4n) is 3.09. The molecule has 0 aliphatic carbocycles. The minimum absolute atomic E-state index is 0.227. The van der Waals surface area contributed by atoms with Crippen LogP contribution < -0.4 is 0 Å². The first-order chi connectivity index (χ1) is 8.48. The lowest BCUT2D eigenvalue weighted by Crippen LogP contribution is -2.49. The molecule has 1 atom stereocenters. The lowest BCUT2D eigenvalue weighted by molar-refractivity contribution is -0.150. The zero-order valence-electron chi connectivity index (χ0n) is 11.9. The van der Waals surface area contributed by atoms with Crippen LogP contribution in [0.4, 0.5) is 0 Å². The Morgan fingerprint density at radius 2 is 1.56 bits per heavy atom. The summed E-state index contributed by atoms with van der Waals surface area (Å²) in [5.41, 5.74) is -0.0987. The Kier molecular flexibility index (Phi) is 4.55. The maximum absolute atomic E-state index is 12.0. The summed E-state index contributed by atoms with van der Waals surface area (Å²) in [7, 11) is 0. The van der Waals surface area contributed by atoms with Gasteiger partial charge in [-0.3, -0.25) is 4.79 Å². The van der Waals surface area contributed by atoms with Gasteiger partial charge in [0.05, 0.1) is 5.41 Å². The van der Waals surface area contributed by atoms with Gasteiger partial charge in [0.1, 0.15) is 0 Å². The number of carbonyl (C=O) groups is 1. The highest BCUT2D eigenvalue weighted by molar-refractivity contribution is 5.82. The Bertz CT molecular complexity index is 393. The van der Waals surface area contributed by atoms with Crippen LogP contribution in [0.2, 0.25) is 0 Å². The van der Waals surface area contributed by atoms with E-state index >= 15 is 0 Å². The Hall–Kier alpha value is -1.31. The van der Waals surface area contributed by atoms with Crippen LogP contribution >= 0.6 is 0 Å². The summed E-state index contributed by atoms with van der Waals surface area (Å²) in [5, 5.41) is 9.88. The Morgan fingerprint density at radius 3 is 1.89 bits per heavy atom. The van der Waals surface area contributed by atoms with Crippen molar-refractivity contribution in [3.63, 3.8) is 0 Å². The highest BCUT2D eigenvalue weighted by Crippen LogP contribution is 2.49. The first kappa shape index (κ1) is 14.7. The van der Waals surface area contributed by atoms with Gasteiger partial charge in [-0.15, -0.1) is 0 Å². The Morgan fingerprint density at radius 1 is 1.06 bits per heavy atom. The average Bonchev–Trinajstić information content (AvgIpc) is 2.40. The van der Waals surface area contributed by atoms with Gasteiger partial charge in [-0.25, -0.2) is 0 Å². The van der Waals surface area contributed by atoms with Crippen molar-refractivity contribution in [2.45, 2.75) is 52.4 Å². The monoisotopic (exact) mass is 248 g/mol. The molecule has 1 N–H and O–H groups in total. The fraction of sp³-hybridized carbons (Fsp3) is 0.562. The zero-order valence-corrected chi connectivity index (χ0v) is 11.9. The SMILES string of the molecule is CCC(C)(CC)C(CC)(C(=O)O)c1ccccc1. The maximum atomic E-state index is 12.0. The highest BCUT2D eigenvalue weighted by atomic mass is 16.4. The van der Waals surface area contributed by atoms with Crippen LogP contribution in [0.25, 0.3) is 0 Å². The molecule has 18 heavy (non-hydrogen) atoms. The van der Waals surface area contributed by atoms with Gasteiger partial charge in [0.25, 0.3) is 0 Å². The number of carboxylic acid groups (broad SMARTS) is 1. The van der Waals surface area contributed by atoms with Crippen LogP contribution in [0.15, 0.2) is 30.3 Å². The molecular formula is C16H24O2. The molecule has 0 aliphatic rings. The molecule has 2 nitrogen and oxygen atoms in total. The molecule has 0 amide bonds. The van der Waals surface area contributed by atoms with Crippen molar-refractivity contribution in [3.8, 4) is 0 Å². The third kappa shape index (κ3) is 2.05. The van der Waals surface area contributed by atoms with Crippen LogP contribution in [0.1, 0.15) is 52.5 Å². The molecule has 0 saturated carbocycles. The second kappa shape index (κ2) is 5.55. The molecule has 0 heterocycles. The van der Waals surface area contributed by atoms with E-state index in [2.05, 4.69) is 20.8 Å². The van der Waals surface area contributed by atoms with Gasteiger partial charge in [-0.05, 0) is 30.2 Å². The number of hydrogen-bond acceptors (Lipinski definition) is 1. The van der Waals surface area contributed by atoms with Crippen LogP contribution in [0.5, 0.6) is 0 Å². The largest absolute Gasteiger partial charge is 0.481 e. The summed E-state index contributed by atoms with van der Waals surface area (Å²) in [6.07, 6.45) is 2.33. The highest BCUT2D eigenvalue weighted by Gasteiger charge is 2.51. The van der Waals surface area contributed by atoms with Gasteiger partial charge in [0, 0.05) is 0 Å². The first-order valence-electron chi connectivity index (χ1n) is 6.77. The van der Waals surface area contributed by atoms with E-state index in [1.807, 2.05) is 37.3 Å². The Labute approximate surface area is 110 Å². The molecule has 0 radical (unpaired) electrons. The van der Waals surface area contributed by atoms with Crippen LogP contribution in [-0.4, -0.2) is 11.1 Å². The summed E-state index contributed by atoms with van der Waals surface area (Å²) in [4.78, 5) is 12.0. The second-order valence-corrected chi connectivity index (χ2v) is 5.20. The quantitative estimate of drug-likeness (QED) is 0.817. The molecule has 100 valence electrons. The lowest BCUT2D eigenvalue weighted by atomic mass is 9.57. The third-order valence-corrected chi connectivity index (χ3v) is 4.75. The first-order valence-corrected chi connectivity index (χ1v) is 6.77. The molecule has 1 aromatic carbocycles. The lowest BCUT2D eigenvalue weighted by Gasteiger charge is -2.45. The predicted molar refractivity (Wildman–Crippen MR) is 74.7 cm³/mol. The molecule has 2 heteroatoms. The average molecular weight is 248 g/mol. The smallest absolute Gasteiger partial charge is 0.314 e. The van der Waals surface area contributed by atoms with Crippen molar-refractivity contribution in [1.29, 1.82) is 0 Å². The maximum Gasteiger partial charge on any atom is 0.314 e. The minimum Gasteiger partial charge on any atom is -0.481 e. The number of aliphatic carboxylic acids is 1. The molecule has 0 spiro atoms. The number of benzene rings is 1. The summed E-state index contributed by atoms with van der Waals surface area (Å²) in [6.45, 7) is 8.24. The molecule has 0 aromatic heterocycles. The van der Waals surface area contributed by atoms with Crippen LogP contribution in [0.3, 0.4) is 0 Å². The number of rotatable bonds is 6. The molecule has 0 aliphatic heterocycles. The molecular weight excluding hydrogens is 224 g/mol. The molecule has 1 rings (SSSR count). The van der Waals surface area contributed by atoms with E-state index in [1.165, 1.54) is 0 Å². The van der Waals surface area contributed by atoms with E-state index in [0.717, 1.165) is 18.4 Å². The summed E-state index contributed by atoms with van der Waals surface area (Å²) >= 11 is 0. The number of hydrogen-bond donors (Lipinski definition) is 1. The molecule has 0 bridgehead atoms. The van der Waals surface area contributed by atoms with Gasteiger partial charge < -0.3 is 5.11 Å². The van der Waals surface area contributed by atoms with E-state index < -0.39 is 11.4 Å². The van der Waals surface area contributed by atoms with Crippen molar-refractivity contribution in [1.82, 2.24) is 0 Å². The normalized spacial score (nSPS) is 15.1. The summed E-state index contributed by atoms with van der Waals surface area (Å²) in [6, 6.07) is 9.67. The van der Waals surface area contributed by atoms with Crippen molar-refractivity contribution in [2.75, 3.05) is 0 Å². The van der Waals surface area contributed by atoms with Gasteiger partial charge in [-0.1, -0.05) is 58.0 Å². The molecule has 0 fully saturated rings. The molecule has 0 saturated heterocycles. The van der Waals surface area contributed by atoms with Gasteiger partial charge >= 0.3 is 5.97 Å². The number of carboxylic acids is 1. The zero-order chi connectivity index (χ0) is 13.8. The van der Waals surface area contributed by atoms with Crippen molar-refractivity contribution in [2.24, 2.45) is 5.41 Å². The van der Waals surface area contributed by atoms with Crippen molar-refractivity contribution >= 4 is 5.97 Å². The van der Waals surface area contributed by atoms with Crippen LogP contribution in [-0.2, 0) is 10.2 Å². The second-order valence-electron chi connectivity index (χ2n) is 5.20. The Balaban J connectivity index is 3.49. The third-order valence-electron chi connectivity index (χ3n) is 4.75. The van der Waals surface area contributed by atoms with E-state index in [9.17, 15) is 9.90 Å². The predicted octanol–water partition coefficient (Wildman–Crippen LogP) is 4.25. The van der Waals surface area contributed by atoms with Gasteiger partial charge in [0.15, 0.2) is 0 Å².